The molecule has 9 heteroatoms. The SMILES string of the molecule is CCS(=O)(=O)c1cccc(NC(=O)c2nnn(-c3cccc4cccnc34)c2C)c1. The Morgan fingerprint density at radius 2 is 1.87 bits per heavy atom. The number of carbonyl (C=O) groups excluding carboxylic acids is 1. The number of nitrogens with one attached hydrogen (secondary N) is 1. The Morgan fingerprint density at radius 1 is 1.10 bits per heavy atom. The van der Waals surface area contributed by atoms with Gasteiger partial charge in [-0.05, 0) is 37.3 Å². The van der Waals surface area contributed by atoms with Gasteiger partial charge in [0.15, 0.2) is 15.5 Å². The molecule has 152 valence electrons. The van der Waals surface area contributed by atoms with Crippen LogP contribution in [0.15, 0.2) is 65.7 Å². The van der Waals surface area contributed by atoms with Gasteiger partial charge in [0.2, 0.25) is 0 Å². The van der Waals surface area contributed by atoms with E-state index in [1.165, 1.54) is 12.1 Å². The molecular weight excluding hydrogens is 402 g/mol. The summed E-state index contributed by atoms with van der Waals surface area (Å²) in [7, 11) is -3.37. The molecule has 30 heavy (non-hydrogen) atoms. The van der Waals surface area contributed by atoms with Gasteiger partial charge < -0.3 is 5.32 Å². The maximum Gasteiger partial charge on any atom is 0.278 e. The van der Waals surface area contributed by atoms with Crippen molar-refractivity contribution >= 4 is 32.3 Å². The quantitative estimate of drug-likeness (QED) is 0.530. The molecule has 0 saturated carbocycles. The smallest absolute Gasteiger partial charge is 0.278 e. The van der Waals surface area contributed by atoms with Crippen molar-refractivity contribution in [3.63, 3.8) is 0 Å². The molecule has 4 rings (SSSR count). The molecule has 0 atom stereocenters. The highest BCUT2D eigenvalue weighted by Gasteiger charge is 2.20. The van der Waals surface area contributed by atoms with Crippen LogP contribution in [-0.2, 0) is 9.84 Å². The number of fused-ring (bicyclic) bond motifs is 1. The number of amides is 1. The molecule has 0 saturated heterocycles. The molecule has 4 aromatic rings. The molecular formula is C21H19N5O3S. The van der Waals surface area contributed by atoms with Gasteiger partial charge in [-0.2, -0.15) is 0 Å². The molecule has 1 N–H and O–H groups in total. The van der Waals surface area contributed by atoms with Gasteiger partial charge in [0, 0.05) is 17.3 Å². The lowest BCUT2D eigenvalue weighted by Gasteiger charge is -2.08. The first-order valence-corrected chi connectivity index (χ1v) is 11.0. The van der Waals surface area contributed by atoms with Gasteiger partial charge in [-0.25, -0.2) is 13.1 Å². The van der Waals surface area contributed by atoms with Crippen LogP contribution in [0.4, 0.5) is 5.69 Å². The Bertz CT molecular complexity index is 1360. The van der Waals surface area contributed by atoms with Crippen molar-refractivity contribution in [2.75, 3.05) is 11.1 Å². The van der Waals surface area contributed by atoms with Crippen LogP contribution in [0.1, 0.15) is 23.1 Å². The molecule has 2 heterocycles. The number of aromatic nitrogens is 4. The molecule has 0 aliphatic carbocycles. The second kappa shape index (κ2) is 7.68. The minimum atomic E-state index is -3.37. The summed E-state index contributed by atoms with van der Waals surface area (Å²) >= 11 is 0. The highest BCUT2D eigenvalue weighted by Crippen LogP contribution is 2.22. The lowest BCUT2D eigenvalue weighted by molar-refractivity contribution is 0.102. The summed E-state index contributed by atoms with van der Waals surface area (Å²) in [4.78, 5) is 17.4. The van der Waals surface area contributed by atoms with Crippen LogP contribution in [0.25, 0.3) is 16.6 Å². The third-order valence-electron chi connectivity index (χ3n) is 4.78. The molecule has 0 spiro atoms. The number of sulfone groups is 1. The van der Waals surface area contributed by atoms with E-state index in [0.29, 0.717) is 17.1 Å². The van der Waals surface area contributed by atoms with Crippen LogP contribution in [0.2, 0.25) is 0 Å². The third-order valence-corrected chi connectivity index (χ3v) is 6.51. The summed E-state index contributed by atoms with van der Waals surface area (Å²) in [5.41, 5.74) is 2.52. The average Bonchev–Trinajstić information content (AvgIpc) is 3.14. The number of anilines is 1. The first-order chi connectivity index (χ1) is 14.4. The van der Waals surface area contributed by atoms with Crippen LogP contribution in [-0.4, -0.2) is 40.1 Å². The number of hydrogen-bond acceptors (Lipinski definition) is 6. The van der Waals surface area contributed by atoms with Crippen molar-refractivity contribution in [1.82, 2.24) is 20.0 Å². The summed E-state index contributed by atoms with van der Waals surface area (Å²) < 4.78 is 25.7. The van der Waals surface area contributed by atoms with E-state index in [0.717, 1.165) is 10.9 Å². The normalized spacial score (nSPS) is 11.5. The van der Waals surface area contributed by atoms with Gasteiger partial charge in [-0.15, -0.1) is 5.10 Å². The van der Waals surface area contributed by atoms with Crippen molar-refractivity contribution in [1.29, 1.82) is 0 Å². The van der Waals surface area contributed by atoms with Crippen molar-refractivity contribution < 1.29 is 13.2 Å². The summed E-state index contributed by atoms with van der Waals surface area (Å²) in [6, 6.07) is 15.6. The number of para-hydroxylation sites is 1. The molecule has 2 aromatic heterocycles. The van der Waals surface area contributed by atoms with E-state index < -0.39 is 15.7 Å². The zero-order valence-electron chi connectivity index (χ0n) is 16.4. The van der Waals surface area contributed by atoms with E-state index in [4.69, 9.17) is 0 Å². The monoisotopic (exact) mass is 421 g/mol. The molecule has 8 nitrogen and oxygen atoms in total. The fourth-order valence-corrected chi connectivity index (χ4v) is 4.08. The molecule has 0 unspecified atom stereocenters. The molecule has 0 aliphatic rings. The van der Waals surface area contributed by atoms with Crippen molar-refractivity contribution in [3.05, 3.63) is 72.2 Å². The Morgan fingerprint density at radius 3 is 2.67 bits per heavy atom. The van der Waals surface area contributed by atoms with Crippen LogP contribution in [0.3, 0.4) is 0 Å². The lowest BCUT2D eigenvalue weighted by atomic mass is 10.2. The summed E-state index contributed by atoms with van der Waals surface area (Å²) in [6.07, 6.45) is 1.70. The number of rotatable bonds is 5. The fraction of sp³-hybridized carbons (Fsp3) is 0.143. The second-order valence-corrected chi connectivity index (χ2v) is 8.95. The standard InChI is InChI=1S/C21H19N5O3S/c1-3-30(28,29)17-10-5-9-16(13-17)23-21(27)19-14(2)26(25-24-19)18-11-4-7-15-8-6-12-22-20(15)18/h4-13H,3H2,1-2H3,(H,23,27). The summed E-state index contributed by atoms with van der Waals surface area (Å²) in [5, 5.41) is 11.8. The fourth-order valence-electron chi connectivity index (χ4n) is 3.15. The third kappa shape index (κ3) is 3.55. The average molecular weight is 421 g/mol. The van der Waals surface area contributed by atoms with Crippen molar-refractivity contribution in [3.8, 4) is 5.69 Å². The van der Waals surface area contributed by atoms with E-state index in [2.05, 4.69) is 20.6 Å². The first-order valence-electron chi connectivity index (χ1n) is 9.31. The van der Waals surface area contributed by atoms with Crippen LogP contribution in [0, 0.1) is 6.92 Å². The van der Waals surface area contributed by atoms with Gasteiger partial charge in [0.05, 0.1) is 27.5 Å². The van der Waals surface area contributed by atoms with E-state index in [1.54, 1.807) is 36.9 Å². The maximum atomic E-state index is 12.8. The molecule has 1 amide bonds. The highest BCUT2D eigenvalue weighted by atomic mass is 32.2. The summed E-state index contributed by atoms with van der Waals surface area (Å²) in [6.45, 7) is 3.32. The first kappa shape index (κ1) is 19.7. The van der Waals surface area contributed by atoms with E-state index in [1.807, 2.05) is 30.3 Å². The number of nitrogens with zero attached hydrogens (tertiary/aromatic N) is 4. The predicted molar refractivity (Wildman–Crippen MR) is 114 cm³/mol. The van der Waals surface area contributed by atoms with E-state index in [-0.39, 0.29) is 16.3 Å². The van der Waals surface area contributed by atoms with E-state index >= 15 is 0 Å². The number of pyridine rings is 1. The minimum Gasteiger partial charge on any atom is -0.320 e. The number of carbonyl (C=O) groups is 1. The zero-order valence-corrected chi connectivity index (χ0v) is 17.2. The van der Waals surface area contributed by atoms with Crippen molar-refractivity contribution in [2.24, 2.45) is 0 Å². The Labute approximate surface area is 173 Å². The van der Waals surface area contributed by atoms with Crippen LogP contribution >= 0.6 is 0 Å². The molecule has 0 bridgehead atoms. The van der Waals surface area contributed by atoms with Crippen molar-refractivity contribution in [2.45, 2.75) is 18.7 Å². The van der Waals surface area contributed by atoms with Gasteiger partial charge in [0.25, 0.3) is 5.91 Å². The maximum absolute atomic E-state index is 12.8. The number of benzene rings is 2. The van der Waals surface area contributed by atoms with E-state index in [9.17, 15) is 13.2 Å². The largest absolute Gasteiger partial charge is 0.320 e. The van der Waals surface area contributed by atoms with Gasteiger partial charge in [-0.1, -0.05) is 36.4 Å². The van der Waals surface area contributed by atoms with Gasteiger partial charge in [-0.3, -0.25) is 9.78 Å². The van der Waals surface area contributed by atoms with Gasteiger partial charge >= 0.3 is 0 Å². The predicted octanol–water partition coefficient (Wildman–Crippen LogP) is 3.17. The van der Waals surface area contributed by atoms with Gasteiger partial charge in [0.1, 0.15) is 0 Å². The Hall–Kier alpha value is -3.59. The van der Waals surface area contributed by atoms with Crippen LogP contribution < -0.4 is 5.32 Å². The van der Waals surface area contributed by atoms with Crippen LogP contribution in [0.5, 0.6) is 0 Å². The zero-order chi connectivity index (χ0) is 21.3. The Balaban J connectivity index is 1.66. The molecule has 0 aliphatic heterocycles. The lowest BCUT2D eigenvalue weighted by Crippen LogP contribution is -2.15. The molecule has 2 aromatic carbocycles. The number of hydrogen-bond donors (Lipinski definition) is 1. The highest BCUT2D eigenvalue weighted by molar-refractivity contribution is 7.91. The second-order valence-electron chi connectivity index (χ2n) is 6.67. The molecule has 0 radical (unpaired) electrons. The molecule has 0 fully saturated rings. The summed E-state index contributed by atoms with van der Waals surface area (Å²) in [5.74, 6) is -0.491. The topological polar surface area (TPSA) is 107 Å². The Kier molecular flexibility index (Phi) is 5.04. The minimum absolute atomic E-state index is 0.0170.